The molecule has 2 N–H and O–H groups in total. The van der Waals surface area contributed by atoms with Gasteiger partial charge in [-0.3, -0.25) is 4.68 Å². The van der Waals surface area contributed by atoms with Crippen LogP contribution in [0, 0.1) is 0 Å². The lowest BCUT2D eigenvalue weighted by atomic mass is 10.0. The zero-order valence-corrected chi connectivity index (χ0v) is 13.3. The quantitative estimate of drug-likeness (QED) is 0.912. The number of fused-ring (bicyclic) bond motifs is 1. The minimum atomic E-state index is -0.119. The second-order valence-electron chi connectivity index (χ2n) is 5.47. The molecule has 0 fully saturated rings. The lowest BCUT2D eigenvalue weighted by molar-refractivity contribution is 0.231. The maximum atomic E-state index is 12.2. The summed E-state index contributed by atoms with van der Waals surface area (Å²) in [6, 6.07) is 10.2. The van der Waals surface area contributed by atoms with Crippen LogP contribution >= 0.6 is 11.8 Å². The van der Waals surface area contributed by atoms with Crippen molar-refractivity contribution in [3.8, 4) is 0 Å². The summed E-state index contributed by atoms with van der Waals surface area (Å²) in [5, 5.41) is 10.2. The zero-order valence-electron chi connectivity index (χ0n) is 12.5. The fourth-order valence-electron chi connectivity index (χ4n) is 2.65. The largest absolute Gasteiger partial charge is 0.334 e. The molecule has 2 aromatic rings. The van der Waals surface area contributed by atoms with Crippen molar-refractivity contribution < 1.29 is 4.79 Å². The molecule has 22 heavy (non-hydrogen) atoms. The number of urea groups is 1. The van der Waals surface area contributed by atoms with Gasteiger partial charge in [-0.25, -0.2) is 4.79 Å². The molecule has 0 spiro atoms. The van der Waals surface area contributed by atoms with E-state index in [0.29, 0.717) is 6.54 Å². The highest BCUT2D eigenvalue weighted by atomic mass is 32.2. The smallest absolute Gasteiger partial charge is 0.315 e. The summed E-state index contributed by atoms with van der Waals surface area (Å²) in [6.07, 6.45) is 4.59. The molecule has 1 aromatic carbocycles. The molecule has 1 aliphatic heterocycles. The van der Waals surface area contributed by atoms with E-state index in [2.05, 4.69) is 27.9 Å². The van der Waals surface area contributed by atoms with Gasteiger partial charge in [0.25, 0.3) is 0 Å². The van der Waals surface area contributed by atoms with E-state index in [0.717, 1.165) is 12.2 Å². The Hall–Kier alpha value is -1.95. The highest BCUT2D eigenvalue weighted by Gasteiger charge is 2.22. The molecule has 2 amide bonds. The molecule has 1 aromatic heterocycles. The number of rotatable bonds is 4. The van der Waals surface area contributed by atoms with E-state index >= 15 is 0 Å². The predicted molar refractivity (Wildman–Crippen MR) is 87.9 cm³/mol. The Morgan fingerprint density at radius 3 is 3.14 bits per heavy atom. The molecule has 0 bridgehead atoms. The van der Waals surface area contributed by atoms with Crippen LogP contribution in [0.1, 0.15) is 24.9 Å². The number of thioether (sulfide) groups is 1. The first-order chi connectivity index (χ1) is 10.7. The maximum Gasteiger partial charge on any atom is 0.315 e. The molecule has 3 rings (SSSR count). The normalized spacial score (nSPS) is 18.3. The number of nitrogens with one attached hydrogen (secondary N) is 2. The highest BCUT2D eigenvalue weighted by Crippen LogP contribution is 2.35. The first kappa shape index (κ1) is 15.0. The summed E-state index contributed by atoms with van der Waals surface area (Å²) < 4.78 is 1.82. The van der Waals surface area contributed by atoms with Crippen molar-refractivity contribution in [1.82, 2.24) is 20.4 Å². The topological polar surface area (TPSA) is 59.0 Å². The fourth-order valence-corrected chi connectivity index (χ4v) is 3.78. The molecular weight excluding hydrogens is 296 g/mol. The van der Waals surface area contributed by atoms with Gasteiger partial charge < -0.3 is 10.6 Å². The van der Waals surface area contributed by atoms with Crippen molar-refractivity contribution in [2.45, 2.75) is 36.9 Å². The van der Waals surface area contributed by atoms with E-state index in [4.69, 9.17) is 0 Å². The third kappa shape index (κ3) is 3.62. The van der Waals surface area contributed by atoms with Gasteiger partial charge in [-0.1, -0.05) is 18.2 Å². The Morgan fingerprint density at radius 2 is 2.32 bits per heavy atom. The van der Waals surface area contributed by atoms with Gasteiger partial charge in [0.2, 0.25) is 0 Å². The second kappa shape index (κ2) is 6.87. The number of nitrogens with zero attached hydrogens (tertiary/aromatic N) is 2. The van der Waals surface area contributed by atoms with Gasteiger partial charge in [-0.15, -0.1) is 11.8 Å². The molecule has 2 atom stereocenters. The standard InChI is InChI=1S/C16H20N4OS/c1-12(11-20-9-4-8-17-20)18-16(21)19-14-7-10-22-15-6-3-2-5-13(14)15/h2-6,8-9,12,14H,7,10-11H2,1H3,(H2,18,19,21)/t12-,14-/m1/s1. The predicted octanol–water partition coefficient (Wildman–Crippen LogP) is 2.81. The molecule has 0 saturated heterocycles. The molecule has 0 saturated carbocycles. The van der Waals surface area contributed by atoms with Crippen molar-refractivity contribution >= 4 is 17.8 Å². The molecule has 2 heterocycles. The highest BCUT2D eigenvalue weighted by molar-refractivity contribution is 7.99. The number of carbonyl (C=O) groups is 1. The molecule has 0 unspecified atom stereocenters. The molecule has 116 valence electrons. The molecule has 5 nitrogen and oxygen atoms in total. The molecule has 0 radical (unpaired) electrons. The van der Waals surface area contributed by atoms with E-state index in [1.165, 1.54) is 10.5 Å². The number of amides is 2. The number of carbonyl (C=O) groups excluding carboxylic acids is 1. The zero-order chi connectivity index (χ0) is 15.4. The van der Waals surface area contributed by atoms with Crippen LogP contribution in [0.3, 0.4) is 0 Å². The van der Waals surface area contributed by atoms with E-state index in [9.17, 15) is 4.79 Å². The number of aromatic nitrogens is 2. The van der Waals surface area contributed by atoms with E-state index < -0.39 is 0 Å². The van der Waals surface area contributed by atoms with Crippen LogP contribution < -0.4 is 10.6 Å². The van der Waals surface area contributed by atoms with Gasteiger partial charge in [0.05, 0.1) is 12.6 Å². The van der Waals surface area contributed by atoms with E-state index in [1.54, 1.807) is 6.20 Å². The number of benzene rings is 1. The monoisotopic (exact) mass is 316 g/mol. The first-order valence-corrected chi connectivity index (χ1v) is 8.47. The summed E-state index contributed by atoms with van der Waals surface area (Å²) in [5.74, 6) is 1.03. The van der Waals surface area contributed by atoms with Gasteiger partial charge in [0.1, 0.15) is 0 Å². The van der Waals surface area contributed by atoms with Gasteiger partial charge >= 0.3 is 6.03 Å². The second-order valence-corrected chi connectivity index (χ2v) is 6.61. The lowest BCUT2D eigenvalue weighted by Crippen LogP contribution is -2.44. The Morgan fingerprint density at radius 1 is 1.45 bits per heavy atom. The molecule has 1 aliphatic rings. The summed E-state index contributed by atoms with van der Waals surface area (Å²) in [7, 11) is 0. The maximum absolute atomic E-state index is 12.2. The Bertz CT molecular complexity index is 629. The SMILES string of the molecule is C[C@H](Cn1cccn1)NC(=O)N[C@@H]1CCSc2ccccc21. The van der Waals surface area contributed by atoms with Crippen LogP contribution in [0.5, 0.6) is 0 Å². The first-order valence-electron chi connectivity index (χ1n) is 7.48. The molecule has 0 aliphatic carbocycles. The Kier molecular flexibility index (Phi) is 4.68. The van der Waals surface area contributed by atoms with Crippen LogP contribution in [0.2, 0.25) is 0 Å². The summed E-state index contributed by atoms with van der Waals surface area (Å²) in [5.41, 5.74) is 1.22. The van der Waals surface area contributed by atoms with Crippen molar-refractivity contribution in [1.29, 1.82) is 0 Å². The van der Waals surface area contributed by atoms with Crippen molar-refractivity contribution in [3.05, 3.63) is 48.3 Å². The van der Waals surface area contributed by atoms with Crippen LogP contribution in [-0.2, 0) is 6.54 Å². The van der Waals surface area contributed by atoms with Gasteiger partial charge in [-0.2, -0.15) is 5.10 Å². The van der Waals surface area contributed by atoms with Crippen molar-refractivity contribution in [2.24, 2.45) is 0 Å². The van der Waals surface area contributed by atoms with E-state index in [-0.39, 0.29) is 18.1 Å². The lowest BCUT2D eigenvalue weighted by Gasteiger charge is -2.26. The van der Waals surface area contributed by atoms with Crippen LogP contribution in [0.4, 0.5) is 4.79 Å². The fraction of sp³-hybridized carbons (Fsp3) is 0.375. The third-order valence-electron chi connectivity index (χ3n) is 3.66. The third-order valence-corrected chi connectivity index (χ3v) is 4.78. The average molecular weight is 316 g/mol. The summed E-state index contributed by atoms with van der Waals surface area (Å²) in [4.78, 5) is 13.5. The van der Waals surface area contributed by atoms with Gasteiger partial charge in [0, 0.05) is 29.1 Å². The van der Waals surface area contributed by atoms with Crippen molar-refractivity contribution in [3.63, 3.8) is 0 Å². The summed E-state index contributed by atoms with van der Waals surface area (Å²) in [6.45, 7) is 2.64. The average Bonchev–Trinajstić information content (AvgIpc) is 3.00. The molecular formula is C16H20N4OS. The van der Waals surface area contributed by atoms with Crippen molar-refractivity contribution in [2.75, 3.05) is 5.75 Å². The number of hydrogen-bond acceptors (Lipinski definition) is 3. The minimum Gasteiger partial charge on any atom is -0.334 e. The van der Waals surface area contributed by atoms with Crippen LogP contribution in [-0.4, -0.2) is 27.6 Å². The van der Waals surface area contributed by atoms with Crippen LogP contribution in [0.15, 0.2) is 47.6 Å². The Labute approximate surface area is 134 Å². The Balaban J connectivity index is 1.56. The van der Waals surface area contributed by atoms with Crippen LogP contribution in [0.25, 0.3) is 0 Å². The van der Waals surface area contributed by atoms with E-state index in [1.807, 2.05) is 47.8 Å². The molecule has 6 heteroatoms. The number of hydrogen-bond donors (Lipinski definition) is 2. The minimum absolute atomic E-state index is 0.0214. The van der Waals surface area contributed by atoms with Gasteiger partial charge in [-0.05, 0) is 31.0 Å². The summed E-state index contributed by atoms with van der Waals surface area (Å²) >= 11 is 1.85. The van der Waals surface area contributed by atoms with Gasteiger partial charge in [0.15, 0.2) is 0 Å².